The molecule has 30 heavy (non-hydrogen) atoms. The maximum Gasteiger partial charge on any atom is 0.416 e. The molecule has 1 aliphatic heterocycles. The van der Waals surface area contributed by atoms with Crippen LogP contribution in [0.5, 0.6) is 0 Å². The normalized spacial score (nSPS) is 16.4. The SMILES string of the molecule is Cc1ccc(S(=O)(=O)N2CCOCC2)cc1NS(=O)(=O)c1cccc(C(F)(F)F)c1. The summed E-state index contributed by atoms with van der Waals surface area (Å²) in [5.74, 6) is 0. The van der Waals surface area contributed by atoms with Gasteiger partial charge in [0.05, 0.1) is 34.3 Å². The van der Waals surface area contributed by atoms with Crippen LogP contribution in [0.1, 0.15) is 11.1 Å². The fourth-order valence-corrected chi connectivity index (χ4v) is 5.45. The summed E-state index contributed by atoms with van der Waals surface area (Å²) in [6.45, 7) is 2.39. The van der Waals surface area contributed by atoms with Crippen LogP contribution in [-0.4, -0.2) is 47.4 Å². The number of rotatable bonds is 5. The Morgan fingerprint density at radius 1 is 0.967 bits per heavy atom. The van der Waals surface area contributed by atoms with Gasteiger partial charge < -0.3 is 4.74 Å². The van der Waals surface area contributed by atoms with Gasteiger partial charge in [0.2, 0.25) is 10.0 Å². The molecule has 1 saturated heterocycles. The average molecular weight is 464 g/mol. The summed E-state index contributed by atoms with van der Waals surface area (Å²) in [7, 11) is -8.26. The van der Waals surface area contributed by atoms with Gasteiger partial charge in [0.1, 0.15) is 0 Å². The summed E-state index contributed by atoms with van der Waals surface area (Å²) < 4.78 is 98.2. The summed E-state index contributed by atoms with van der Waals surface area (Å²) in [5.41, 5.74) is -0.737. The van der Waals surface area contributed by atoms with Gasteiger partial charge in [-0.15, -0.1) is 0 Å². The number of sulfonamides is 2. The smallest absolute Gasteiger partial charge is 0.379 e. The number of hydrogen-bond acceptors (Lipinski definition) is 5. The standard InChI is InChI=1S/C18H19F3N2O5S2/c1-13-5-6-16(30(26,27)23-7-9-28-10-8-23)12-17(13)22-29(24,25)15-4-2-3-14(11-15)18(19,20)21/h2-6,11-12,22H,7-10H2,1H3. The fraction of sp³-hybridized carbons (Fsp3) is 0.333. The Hall–Kier alpha value is -2.15. The van der Waals surface area contributed by atoms with Crippen LogP contribution in [0.25, 0.3) is 0 Å². The Labute approximate surface area is 172 Å². The first-order valence-electron chi connectivity index (χ1n) is 8.80. The van der Waals surface area contributed by atoms with E-state index in [1.807, 2.05) is 0 Å². The predicted octanol–water partition coefficient (Wildman–Crippen LogP) is 2.84. The van der Waals surface area contributed by atoms with Crippen molar-refractivity contribution in [2.24, 2.45) is 0 Å². The molecule has 0 aliphatic carbocycles. The number of nitrogens with one attached hydrogen (secondary N) is 1. The van der Waals surface area contributed by atoms with Crippen LogP contribution in [0.15, 0.2) is 52.3 Å². The van der Waals surface area contributed by atoms with Gasteiger partial charge in [0.15, 0.2) is 0 Å². The van der Waals surface area contributed by atoms with Crippen molar-refractivity contribution in [3.05, 3.63) is 53.6 Å². The van der Waals surface area contributed by atoms with Crippen LogP contribution in [0.4, 0.5) is 18.9 Å². The van der Waals surface area contributed by atoms with Gasteiger partial charge in [-0.1, -0.05) is 12.1 Å². The fourth-order valence-electron chi connectivity index (χ4n) is 2.85. The number of ether oxygens (including phenoxy) is 1. The Morgan fingerprint density at radius 3 is 2.27 bits per heavy atom. The Morgan fingerprint density at radius 2 is 1.63 bits per heavy atom. The molecule has 0 amide bonds. The molecule has 12 heteroatoms. The van der Waals surface area contributed by atoms with E-state index in [4.69, 9.17) is 4.74 Å². The lowest BCUT2D eigenvalue weighted by molar-refractivity contribution is -0.137. The minimum Gasteiger partial charge on any atom is -0.379 e. The van der Waals surface area contributed by atoms with E-state index in [0.29, 0.717) is 11.6 Å². The molecular formula is C18H19F3N2O5S2. The highest BCUT2D eigenvalue weighted by Gasteiger charge is 2.32. The van der Waals surface area contributed by atoms with Crippen molar-refractivity contribution < 1.29 is 34.7 Å². The molecule has 0 atom stereocenters. The molecule has 164 valence electrons. The number of alkyl halides is 3. The molecule has 0 bridgehead atoms. The number of anilines is 1. The molecule has 2 aromatic carbocycles. The highest BCUT2D eigenvalue weighted by molar-refractivity contribution is 7.92. The summed E-state index contributed by atoms with van der Waals surface area (Å²) >= 11 is 0. The quantitative estimate of drug-likeness (QED) is 0.735. The zero-order valence-corrected chi connectivity index (χ0v) is 17.4. The van der Waals surface area contributed by atoms with Gasteiger partial charge in [-0.3, -0.25) is 4.72 Å². The second-order valence-corrected chi connectivity index (χ2v) is 10.2. The number of benzene rings is 2. The Balaban J connectivity index is 1.94. The minimum atomic E-state index is -4.70. The van der Waals surface area contributed by atoms with Crippen molar-refractivity contribution >= 4 is 25.7 Å². The number of morpholine rings is 1. The lowest BCUT2D eigenvalue weighted by Crippen LogP contribution is -2.40. The van der Waals surface area contributed by atoms with Crippen molar-refractivity contribution in [1.82, 2.24) is 4.31 Å². The lowest BCUT2D eigenvalue weighted by Gasteiger charge is -2.26. The molecule has 1 N–H and O–H groups in total. The van der Waals surface area contributed by atoms with Gasteiger partial charge in [0.25, 0.3) is 10.0 Å². The van der Waals surface area contributed by atoms with Crippen LogP contribution in [0.2, 0.25) is 0 Å². The summed E-state index contributed by atoms with van der Waals surface area (Å²) in [4.78, 5) is -0.713. The van der Waals surface area contributed by atoms with Crippen LogP contribution < -0.4 is 4.72 Å². The first kappa shape index (κ1) is 22.5. The highest BCUT2D eigenvalue weighted by atomic mass is 32.2. The van der Waals surface area contributed by atoms with Crippen LogP contribution >= 0.6 is 0 Å². The van der Waals surface area contributed by atoms with Crippen molar-refractivity contribution in [2.45, 2.75) is 22.9 Å². The zero-order valence-electron chi connectivity index (χ0n) is 15.8. The number of halogens is 3. The second kappa shape index (κ2) is 8.17. The van der Waals surface area contributed by atoms with E-state index in [2.05, 4.69) is 4.72 Å². The minimum absolute atomic E-state index is 0.0400. The maximum atomic E-state index is 12.9. The molecule has 0 saturated carbocycles. The van der Waals surface area contributed by atoms with Crippen LogP contribution in [-0.2, 0) is 31.0 Å². The van der Waals surface area contributed by atoms with E-state index in [0.717, 1.165) is 24.3 Å². The summed E-state index contributed by atoms with van der Waals surface area (Å²) in [5, 5.41) is 0. The topological polar surface area (TPSA) is 92.8 Å². The lowest BCUT2D eigenvalue weighted by atomic mass is 10.2. The molecule has 1 aliphatic rings. The average Bonchev–Trinajstić information content (AvgIpc) is 2.69. The van der Waals surface area contributed by atoms with Crippen LogP contribution in [0.3, 0.4) is 0 Å². The molecule has 2 aromatic rings. The van der Waals surface area contributed by atoms with Gasteiger partial charge in [-0.25, -0.2) is 16.8 Å². The summed E-state index contributed by atoms with van der Waals surface area (Å²) in [6.07, 6.45) is -4.70. The van der Waals surface area contributed by atoms with Crippen molar-refractivity contribution in [3.63, 3.8) is 0 Å². The first-order valence-corrected chi connectivity index (χ1v) is 11.7. The third-order valence-corrected chi connectivity index (χ3v) is 7.79. The molecule has 1 heterocycles. The second-order valence-electron chi connectivity index (χ2n) is 6.62. The third kappa shape index (κ3) is 4.77. The number of aryl methyl sites for hydroxylation is 1. The monoisotopic (exact) mass is 464 g/mol. The van der Waals surface area contributed by atoms with Gasteiger partial charge in [-0.05, 0) is 42.8 Å². The highest BCUT2D eigenvalue weighted by Crippen LogP contribution is 2.31. The van der Waals surface area contributed by atoms with Crippen molar-refractivity contribution in [2.75, 3.05) is 31.0 Å². The van der Waals surface area contributed by atoms with Gasteiger partial charge >= 0.3 is 6.18 Å². The largest absolute Gasteiger partial charge is 0.416 e. The summed E-state index contributed by atoms with van der Waals surface area (Å²) in [6, 6.07) is 7.24. The van der Waals surface area contributed by atoms with E-state index in [9.17, 15) is 30.0 Å². The Bertz CT molecular complexity index is 1140. The first-order chi connectivity index (χ1) is 13.9. The molecule has 0 aromatic heterocycles. The molecule has 0 unspecified atom stereocenters. The predicted molar refractivity (Wildman–Crippen MR) is 103 cm³/mol. The van der Waals surface area contributed by atoms with Crippen molar-refractivity contribution in [3.8, 4) is 0 Å². The van der Waals surface area contributed by atoms with E-state index in [1.54, 1.807) is 6.92 Å². The van der Waals surface area contributed by atoms with Gasteiger partial charge in [0, 0.05) is 13.1 Å². The van der Waals surface area contributed by atoms with E-state index in [-0.39, 0.29) is 36.9 Å². The van der Waals surface area contributed by atoms with E-state index < -0.39 is 36.7 Å². The van der Waals surface area contributed by atoms with E-state index >= 15 is 0 Å². The molecule has 0 radical (unpaired) electrons. The molecular weight excluding hydrogens is 445 g/mol. The number of nitrogens with zero attached hydrogens (tertiary/aromatic N) is 1. The van der Waals surface area contributed by atoms with E-state index in [1.165, 1.54) is 16.4 Å². The third-order valence-electron chi connectivity index (χ3n) is 4.53. The number of hydrogen-bond donors (Lipinski definition) is 1. The molecule has 1 fully saturated rings. The zero-order chi connectivity index (χ0) is 22.2. The van der Waals surface area contributed by atoms with Gasteiger partial charge in [-0.2, -0.15) is 17.5 Å². The van der Waals surface area contributed by atoms with Crippen molar-refractivity contribution in [1.29, 1.82) is 0 Å². The van der Waals surface area contributed by atoms with Crippen LogP contribution in [0, 0.1) is 6.92 Å². The maximum absolute atomic E-state index is 12.9. The molecule has 7 nitrogen and oxygen atoms in total. The molecule has 0 spiro atoms. The molecule has 3 rings (SSSR count). The Kier molecular flexibility index (Phi) is 6.14.